The molecule has 0 aliphatic carbocycles. The Morgan fingerprint density at radius 1 is 1.56 bits per heavy atom. The largest absolute Gasteiger partial charge is 0.437 e. The van der Waals surface area contributed by atoms with E-state index in [0.29, 0.717) is 11.8 Å². The third-order valence-corrected chi connectivity index (χ3v) is 3.15. The highest BCUT2D eigenvalue weighted by Gasteiger charge is 2.17. The average molecular weight is 242 g/mol. The van der Waals surface area contributed by atoms with Gasteiger partial charge in [-0.15, -0.1) is 0 Å². The molecule has 1 heterocycles. The first-order valence-electron chi connectivity index (χ1n) is 5.43. The number of aryl methyl sites for hydroxylation is 2. The van der Waals surface area contributed by atoms with Gasteiger partial charge in [0.05, 0.1) is 10.9 Å². The Labute approximate surface area is 100 Å². The van der Waals surface area contributed by atoms with Gasteiger partial charge < -0.3 is 9.73 Å². The number of nitrogens with zero attached hydrogens (tertiary/aromatic N) is 1. The van der Waals surface area contributed by atoms with Gasteiger partial charge in [-0.05, 0) is 27.2 Å². The van der Waals surface area contributed by atoms with Crippen LogP contribution < -0.4 is 5.32 Å². The van der Waals surface area contributed by atoms with Gasteiger partial charge in [-0.25, -0.2) is 4.98 Å². The maximum absolute atomic E-state index is 11.6. The summed E-state index contributed by atoms with van der Waals surface area (Å²) in [5.41, 5.74) is 0.878. The predicted molar refractivity (Wildman–Crippen MR) is 64.6 cm³/mol. The van der Waals surface area contributed by atoms with E-state index in [2.05, 4.69) is 10.3 Å². The van der Waals surface area contributed by atoms with E-state index in [0.717, 1.165) is 17.9 Å². The second-order valence-electron chi connectivity index (χ2n) is 3.67. The minimum absolute atomic E-state index is 0.0281. The van der Waals surface area contributed by atoms with E-state index >= 15 is 0 Å². The second kappa shape index (κ2) is 5.94. The zero-order chi connectivity index (χ0) is 12.1. The third-order valence-electron chi connectivity index (χ3n) is 2.20. The molecule has 4 nitrogen and oxygen atoms in total. The van der Waals surface area contributed by atoms with E-state index in [-0.39, 0.29) is 11.2 Å². The van der Waals surface area contributed by atoms with Crippen molar-refractivity contribution in [1.82, 2.24) is 10.3 Å². The van der Waals surface area contributed by atoms with Crippen LogP contribution in [0.25, 0.3) is 0 Å². The maximum Gasteiger partial charge on any atom is 0.256 e. The molecule has 0 aromatic carbocycles. The number of amides is 1. The molecule has 90 valence electrons. The summed E-state index contributed by atoms with van der Waals surface area (Å²) in [5.74, 6) is 0.837. The van der Waals surface area contributed by atoms with Crippen molar-refractivity contribution in [2.75, 3.05) is 6.54 Å². The molecule has 5 heteroatoms. The molecule has 1 N–H and O–H groups in total. The van der Waals surface area contributed by atoms with Crippen LogP contribution in [0.5, 0.6) is 0 Å². The van der Waals surface area contributed by atoms with E-state index in [1.165, 1.54) is 11.8 Å². The van der Waals surface area contributed by atoms with Crippen LogP contribution in [0.2, 0.25) is 0 Å². The predicted octanol–water partition coefficient (Wildman–Crippen LogP) is 2.30. The molecule has 1 aromatic rings. The van der Waals surface area contributed by atoms with Crippen LogP contribution >= 0.6 is 11.8 Å². The van der Waals surface area contributed by atoms with Gasteiger partial charge in [-0.2, -0.15) is 0 Å². The lowest BCUT2D eigenvalue weighted by Gasteiger charge is -2.08. The number of oxazole rings is 1. The smallest absolute Gasteiger partial charge is 0.256 e. The molecule has 0 unspecified atom stereocenters. The van der Waals surface area contributed by atoms with Crippen molar-refractivity contribution < 1.29 is 9.21 Å². The van der Waals surface area contributed by atoms with E-state index in [1.54, 1.807) is 0 Å². The lowest BCUT2D eigenvalue weighted by atomic mass is 10.4. The number of nitrogens with one attached hydrogen (secondary N) is 1. The first-order chi connectivity index (χ1) is 7.54. The number of hydrogen-bond acceptors (Lipinski definition) is 4. The second-order valence-corrected chi connectivity index (χ2v) is 4.96. The topological polar surface area (TPSA) is 55.1 Å². The number of thioether (sulfide) groups is 1. The minimum atomic E-state index is -0.177. The van der Waals surface area contributed by atoms with Crippen molar-refractivity contribution >= 4 is 17.7 Å². The van der Waals surface area contributed by atoms with Gasteiger partial charge in [0, 0.05) is 6.54 Å². The lowest BCUT2D eigenvalue weighted by Crippen LogP contribution is -2.31. The Morgan fingerprint density at radius 2 is 2.25 bits per heavy atom. The Balaban J connectivity index is 2.50. The summed E-state index contributed by atoms with van der Waals surface area (Å²) >= 11 is 1.35. The van der Waals surface area contributed by atoms with Gasteiger partial charge in [0.25, 0.3) is 5.22 Å². The first kappa shape index (κ1) is 13.1. The fraction of sp³-hybridized carbons (Fsp3) is 0.636. The van der Waals surface area contributed by atoms with Crippen molar-refractivity contribution in [3.8, 4) is 0 Å². The van der Waals surface area contributed by atoms with E-state index in [4.69, 9.17) is 4.42 Å². The van der Waals surface area contributed by atoms with Gasteiger partial charge in [0.1, 0.15) is 5.76 Å². The molecule has 0 bridgehead atoms. The Bertz CT molecular complexity index is 343. The number of aromatic nitrogens is 1. The van der Waals surface area contributed by atoms with E-state index < -0.39 is 0 Å². The summed E-state index contributed by atoms with van der Waals surface area (Å²) in [6.07, 6.45) is 0.945. The zero-order valence-corrected chi connectivity index (χ0v) is 11.0. The van der Waals surface area contributed by atoms with Crippen LogP contribution in [0.3, 0.4) is 0 Å². The third kappa shape index (κ3) is 3.56. The summed E-state index contributed by atoms with van der Waals surface area (Å²) in [6.45, 7) is 8.36. The lowest BCUT2D eigenvalue weighted by molar-refractivity contribution is -0.120. The molecule has 0 fully saturated rings. The number of carbonyl (C=O) groups is 1. The van der Waals surface area contributed by atoms with Gasteiger partial charge in [-0.1, -0.05) is 18.7 Å². The SMILES string of the molecule is CCCNC(=O)[C@@H](C)Sc1nc(C)c(C)o1. The van der Waals surface area contributed by atoms with Crippen molar-refractivity contribution in [2.45, 2.75) is 44.6 Å². The highest BCUT2D eigenvalue weighted by molar-refractivity contribution is 8.00. The van der Waals surface area contributed by atoms with Crippen LogP contribution in [0.1, 0.15) is 31.7 Å². The molecular weight excluding hydrogens is 224 g/mol. The molecule has 1 rings (SSSR count). The van der Waals surface area contributed by atoms with Gasteiger partial charge in [0.15, 0.2) is 0 Å². The number of hydrogen-bond donors (Lipinski definition) is 1. The Kier molecular flexibility index (Phi) is 4.86. The van der Waals surface area contributed by atoms with Gasteiger partial charge in [0.2, 0.25) is 5.91 Å². The van der Waals surface area contributed by atoms with Crippen LogP contribution in [0.4, 0.5) is 0 Å². The quantitative estimate of drug-likeness (QED) is 0.805. The van der Waals surface area contributed by atoms with Crippen LogP contribution in [-0.2, 0) is 4.79 Å². The summed E-state index contributed by atoms with van der Waals surface area (Å²) in [6, 6.07) is 0. The molecule has 1 atom stereocenters. The van der Waals surface area contributed by atoms with Crippen LogP contribution in [0.15, 0.2) is 9.64 Å². The fourth-order valence-electron chi connectivity index (χ4n) is 1.09. The van der Waals surface area contributed by atoms with Crippen LogP contribution in [0, 0.1) is 13.8 Å². The molecule has 16 heavy (non-hydrogen) atoms. The summed E-state index contributed by atoms with van der Waals surface area (Å²) in [5, 5.41) is 3.23. The Hall–Kier alpha value is -0.970. The molecule has 0 radical (unpaired) electrons. The fourth-order valence-corrected chi connectivity index (χ4v) is 1.95. The Morgan fingerprint density at radius 3 is 2.75 bits per heavy atom. The first-order valence-corrected chi connectivity index (χ1v) is 6.31. The van der Waals surface area contributed by atoms with E-state index in [1.807, 2.05) is 27.7 Å². The minimum Gasteiger partial charge on any atom is -0.437 e. The highest BCUT2D eigenvalue weighted by atomic mass is 32.2. The normalized spacial score (nSPS) is 12.5. The monoisotopic (exact) mass is 242 g/mol. The maximum atomic E-state index is 11.6. The number of carbonyl (C=O) groups excluding carboxylic acids is 1. The van der Waals surface area contributed by atoms with Crippen molar-refractivity contribution in [3.63, 3.8) is 0 Å². The molecule has 0 saturated carbocycles. The van der Waals surface area contributed by atoms with Crippen molar-refractivity contribution in [2.24, 2.45) is 0 Å². The zero-order valence-electron chi connectivity index (χ0n) is 10.2. The summed E-state index contributed by atoms with van der Waals surface area (Å²) in [4.78, 5) is 15.8. The molecule has 1 aromatic heterocycles. The van der Waals surface area contributed by atoms with Crippen molar-refractivity contribution in [1.29, 1.82) is 0 Å². The number of rotatable bonds is 5. The molecule has 0 aliphatic heterocycles. The van der Waals surface area contributed by atoms with Crippen LogP contribution in [-0.4, -0.2) is 22.7 Å². The van der Waals surface area contributed by atoms with Gasteiger partial charge in [-0.3, -0.25) is 4.79 Å². The molecule has 0 spiro atoms. The van der Waals surface area contributed by atoms with Crippen molar-refractivity contribution in [3.05, 3.63) is 11.5 Å². The summed E-state index contributed by atoms with van der Waals surface area (Å²) in [7, 11) is 0. The molecule has 0 saturated heterocycles. The van der Waals surface area contributed by atoms with E-state index in [9.17, 15) is 4.79 Å². The summed E-state index contributed by atoms with van der Waals surface area (Å²) < 4.78 is 5.41. The highest BCUT2D eigenvalue weighted by Crippen LogP contribution is 2.24. The molecule has 0 aliphatic rings. The standard InChI is InChI=1S/C11H18N2O2S/c1-5-6-12-10(14)9(4)16-11-13-7(2)8(3)15-11/h9H,5-6H2,1-4H3,(H,12,14)/t9-/m1/s1. The molecular formula is C11H18N2O2S. The average Bonchev–Trinajstić information content (AvgIpc) is 2.54. The van der Waals surface area contributed by atoms with Gasteiger partial charge >= 0.3 is 0 Å². The molecule has 1 amide bonds.